The fraction of sp³-hybridized carbons (Fsp3) is 0.143. The quantitative estimate of drug-likeness (QED) is 0.541. The number of aryl methyl sites for hydroxylation is 1. The van der Waals surface area contributed by atoms with Crippen LogP contribution in [-0.4, -0.2) is 22.5 Å². The van der Waals surface area contributed by atoms with Crippen LogP contribution in [0.5, 0.6) is 5.75 Å². The third kappa shape index (κ3) is 2.73. The number of hydrogen-bond acceptors (Lipinski definition) is 6. The van der Waals surface area contributed by atoms with E-state index < -0.39 is 16.7 Å². The summed E-state index contributed by atoms with van der Waals surface area (Å²) in [6, 6.07) is 7.89. The van der Waals surface area contributed by atoms with E-state index in [9.17, 15) is 14.9 Å². The van der Waals surface area contributed by atoms with Crippen molar-refractivity contribution in [1.82, 2.24) is 4.57 Å². The number of aromatic nitrogens is 1. The molecule has 9 heteroatoms. The molecule has 8 nitrogen and oxygen atoms in total. The predicted molar refractivity (Wildman–Crippen MR) is 82.6 cm³/mol. The molecule has 1 aromatic carbocycles. The van der Waals surface area contributed by atoms with Gasteiger partial charge >= 0.3 is 11.8 Å². The number of hydrogen-bond donors (Lipinski definition) is 0. The summed E-state index contributed by atoms with van der Waals surface area (Å²) in [6.45, 7) is 0. The van der Waals surface area contributed by atoms with E-state index in [4.69, 9.17) is 9.15 Å². The second kappa shape index (κ2) is 5.69. The molecule has 0 unspecified atom stereocenters. The van der Waals surface area contributed by atoms with Crippen molar-refractivity contribution in [2.75, 3.05) is 7.11 Å². The molecule has 0 aliphatic heterocycles. The molecule has 0 saturated heterocycles. The summed E-state index contributed by atoms with van der Waals surface area (Å²) in [4.78, 5) is 26.4. The molecule has 0 atom stereocenters. The number of carbonyl (C=O) groups is 1. The molecule has 0 aliphatic carbocycles. The lowest BCUT2D eigenvalue weighted by Crippen LogP contribution is -2.12. The van der Waals surface area contributed by atoms with Crippen molar-refractivity contribution in [1.29, 1.82) is 0 Å². The minimum absolute atomic E-state index is 0.174. The van der Waals surface area contributed by atoms with E-state index in [-0.39, 0.29) is 5.76 Å². The Kier molecular flexibility index (Phi) is 3.70. The third-order valence-electron chi connectivity index (χ3n) is 3.20. The zero-order valence-corrected chi connectivity index (χ0v) is 13.0. The maximum Gasteiger partial charge on any atom is 0.433 e. The van der Waals surface area contributed by atoms with Gasteiger partial charge in [-0.15, -0.1) is 0 Å². The van der Waals surface area contributed by atoms with Crippen molar-refractivity contribution in [2.24, 2.45) is 12.0 Å². The lowest BCUT2D eigenvalue weighted by atomic mass is 10.3. The highest BCUT2D eigenvalue weighted by molar-refractivity contribution is 7.16. The number of fused-ring (bicyclic) bond motifs is 1. The number of nitrogens with zero attached hydrogens (tertiary/aromatic N) is 3. The molecule has 118 valence electrons. The molecule has 0 saturated carbocycles. The minimum Gasteiger partial charge on any atom is -0.497 e. The normalized spacial score (nSPS) is 11.8. The summed E-state index contributed by atoms with van der Waals surface area (Å²) in [5.74, 6) is -0.633. The molecule has 1 amide bonds. The van der Waals surface area contributed by atoms with Crippen molar-refractivity contribution in [3.63, 3.8) is 0 Å². The lowest BCUT2D eigenvalue weighted by molar-refractivity contribution is -0.402. The molecule has 0 spiro atoms. The van der Waals surface area contributed by atoms with Crippen LogP contribution in [-0.2, 0) is 7.05 Å². The first kappa shape index (κ1) is 15.0. The zero-order valence-electron chi connectivity index (χ0n) is 12.2. The molecule has 0 bridgehead atoms. The first-order chi connectivity index (χ1) is 11.0. The summed E-state index contributed by atoms with van der Waals surface area (Å²) in [6.07, 6.45) is 0. The Balaban J connectivity index is 2.04. The molecule has 0 radical (unpaired) electrons. The fourth-order valence-electron chi connectivity index (χ4n) is 2.03. The van der Waals surface area contributed by atoms with Crippen molar-refractivity contribution in [2.45, 2.75) is 0 Å². The summed E-state index contributed by atoms with van der Waals surface area (Å²) in [5, 5.41) is 10.6. The van der Waals surface area contributed by atoms with Crippen LogP contribution in [0, 0.1) is 10.1 Å². The number of benzene rings is 1. The minimum atomic E-state index is -0.706. The molecule has 2 aromatic heterocycles. The van der Waals surface area contributed by atoms with E-state index in [1.54, 1.807) is 18.7 Å². The number of carbonyl (C=O) groups excluding carboxylic acids is 1. The largest absolute Gasteiger partial charge is 0.497 e. The van der Waals surface area contributed by atoms with E-state index in [1.165, 1.54) is 17.4 Å². The summed E-state index contributed by atoms with van der Waals surface area (Å²) < 4.78 is 12.7. The van der Waals surface area contributed by atoms with Gasteiger partial charge in [0.05, 0.1) is 23.4 Å². The average Bonchev–Trinajstić information content (AvgIpc) is 3.13. The predicted octanol–water partition coefficient (Wildman–Crippen LogP) is 2.49. The topological polar surface area (TPSA) is 99.9 Å². The molecule has 0 aliphatic rings. The van der Waals surface area contributed by atoms with Gasteiger partial charge < -0.3 is 13.7 Å². The number of nitro groups is 1. The van der Waals surface area contributed by atoms with Crippen LogP contribution in [0.4, 0.5) is 5.88 Å². The Morgan fingerprint density at radius 3 is 2.83 bits per heavy atom. The van der Waals surface area contributed by atoms with E-state index in [0.29, 0.717) is 10.6 Å². The fourth-order valence-corrected chi connectivity index (χ4v) is 3.08. The smallest absolute Gasteiger partial charge is 0.433 e. The molecule has 3 aromatic rings. The highest BCUT2D eigenvalue weighted by Crippen LogP contribution is 2.22. The molecular weight excluding hydrogens is 322 g/mol. The van der Waals surface area contributed by atoms with Crippen molar-refractivity contribution >= 4 is 33.3 Å². The van der Waals surface area contributed by atoms with Gasteiger partial charge in [0.25, 0.3) is 0 Å². The van der Waals surface area contributed by atoms with Crippen LogP contribution in [0.1, 0.15) is 10.6 Å². The standard InChI is InChI=1S/C14H11N3O5S/c1-16-9-4-3-8(21-2)7-11(9)23-14(16)15-13(18)10-5-6-12(22-10)17(19)20/h3-7H,1-2H3. The van der Waals surface area contributed by atoms with E-state index in [1.807, 2.05) is 18.2 Å². The monoisotopic (exact) mass is 333 g/mol. The molecule has 3 rings (SSSR count). The Morgan fingerprint density at radius 1 is 1.39 bits per heavy atom. The average molecular weight is 333 g/mol. The third-order valence-corrected chi connectivity index (χ3v) is 4.29. The highest BCUT2D eigenvalue weighted by Gasteiger charge is 2.17. The Bertz CT molecular complexity index is 982. The zero-order chi connectivity index (χ0) is 16.6. The second-order valence-electron chi connectivity index (χ2n) is 4.59. The van der Waals surface area contributed by atoms with E-state index in [0.717, 1.165) is 16.3 Å². The molecule has 0 N–H and O–H groups in total. The highest BCUT2D eigenvalue weighted by atomic mass is 32.1. The van der Waals surface area contributed by atoms with Crippen LogP contribution < -0.4 is 9.54 Å². The first-order valence-corrected chi connectivity index (χ1v) is 7.28. The van der Waals surface area contributed by atoms with E-state index >= 15 is 0 Å². The van der Waals surface area contributed by atoms with Gasteiger partial charge in [0.1, 0.15) is 10.7 Å². The summed E-state index contributed by atoms with van der Waals surface area (Å²) in [5.41, 5.74) is 0.896. The van der Waals surface area contributed by atoms with Gasteiger partial charge in [-0.25, -0.2) is 0 Å². The van der Waals surface area contributed by atoms with Crippen molar-refractivity contribution in [3.8, 4) is 5.75 Å². The lowest BCUT2D eigenvalue weighted by Gasteiger charge is -1.99. The maximum absolute atomic E-state index is 12.1. The molecule has 0 fully saturated rings. The summed E-state index contributed by atoms with van der Waals surface area (Å²) >= 11 is 1.31. The van der Waals surface area contributed by atoms with Crippen LogP contribution >= 0.6 is 11.3 Å². The number of thiazole rings is 1. The van der Waals surface area contributed by atoms with Crippen LogP contribution in [0.25, 0.3) is 10.2 Å². The molecule has 2 heterocycles. The Labute approximate surface area is 133 Å². The van der Waals surface area contributed by atoms with Gasteiger partial charge in [0.2, 0.25) is 5.76 Å². The van der Waals surface area contributed by atoms with Gasteiger partial charge in [-0.2, -0.15) is 4.99 Å². The Morgan fingerprint density at radius 2 is 2.17 bits per heavy atom. The SMILES string of the molecule is COc1ccc2c(c1)sc(=NC(=O)c1ccc([N+](=O)[O-])o1)n2C. The van der Waals surface area contributed by atoms with Gasteiger partial charge in [-0.3, -0.25) is 14.9 Å². The van der Waals surface area contributed by atoms with E-state index in [2.05, 4.69) is 4.99 Å². The van der Waals surface area contributed by atoms with Gasteiger partial charge in [-0.05, 0) is 24.3 Å². The van der Waals surface area contributed by atoms with Gasteiger partial charge in [0.15, 0.2) is 4.80 Å². The number of methoxy groups -OCH3 is 1. The second-order valence-corrected chi connectivity index (χ2v) is 5.60. The van der Waals surface area contributed by atoms with Gasteiger partial charge in [0, 0.05) is 7.05 Å². The van der Waals surface area contributed by atoms with Crippen LogP contribution in [0.3, 0.4) is 0 Å². The van der Waals surface area contributed by atoms with Crippen LogP contribution in [0.15, 0.2) is 39.7 Å². The maximum atomic E-state index is 12.1. The number of amides is 1. The Hall–Kier alpha value is -2.94. The van der Waals surface area contributed by atoms with Crippen molar-refractivity contribution in [3.05, 3.63) is 51.0 Å². The number of rotatable bonds is 3. The summed E-state index contributed by atoms with van der Waals surface area (Å²) in [7, 11) is 3.36. The number of furan rings is 1. The van der Waals surface area contributed by atoms with Gasteiger partial charge in [-0.1, -0.05) is 11.3 Å². The number of ether oxygens (including phenoxy) is 1. The first-order valence-electron chi connectivity index (χ1n) is 6.46. The van der Waals surface area contributed by atoms with Crippen LogP contribution in [0.2, 0.25) is 0 Å². The molecular formula is C14H11N3O5S. The van der Waals surface area contributed by atoms with Crippen molar-refractivity contribution < 1.29 is 18.9 Å². The molecule has 23 heavy (non-hydrogen) atoms.